The summed E-state index contributed by atoms with van der Waals surface area (Å²) in [7, 11) is 0. The maximum Gasteiger partial charge on any atom is 0.137 e. The van der Waals surface area contributed by atoms with Crippen molar-refractivity contribution in [2.24, 2.45) is 0 Å². The second-order valence-electron chi connectivity index (χ2n) is 7.70. The Kier molecular flexibility index (Phi) is 6.92. The molecule has 0 aliphatic heterocycles. The molecule has 0 saturated heterocycles. The Morgan fingerprint density at radius 2 is 1.26 bits per heavy atom. The fourth-order valence-electron chi connectivity index (χ4n) is 3.58. The molecule has 0 spiro atoms. The van der Waals surface area contributed by atoms with Crippen molar-refractivity contribution in [2.45, 2.75) is 25.9 Å². The van der Waals surface area contributed by atoms with E-state index in [9.17, 15) is 4.79 Å². The van der Waals surface area contributed by atoms with Gasteiger partial charge in [0.15, 0.2) is 0 Å². The quantitative estimate of drug-likeness (QED) is 0.310. The monoisotopic (exact) mass is 406 g/mol. The van der Waals surface area contributed by atoms with E-state index < -0.39 is 0 Å². The third-order valence-corrected chi connectivity index (χ3v) is 5.30. The minimum absolute atomic E-state index is 0.253. The van der Waals surface area contributed by atoms with Gasteiger partial charge in [-0.3, -0.25) is 4.79 Å². The van der Waals surface area contributed by atoms with E-state index in [2.05, 4.69) is 54.6 Å². The lowest BCUT2D eigenvalue weighted by Crippen LogP contribution is -2.04. The summed E-state index contributed by atoms with van der Waals surface area (Å²) in [6.07, 6.45) is 1.73. The van der Waals surface area contributed by atoms with Crippen molar-refractivity contribution < 1.29 is 9.53 Å². The number of Topliss-reactive ketones (excluding diaryl/α,β-unsaturated/α-hetero) is 1. The molecule has 31 heavy (non-hydrogen) atoms. The molecule has 4 aromatic carbocycles. The average molecular weight is 407 g/mol. The fraction of sp³-hybridized carbons (Fsp3) is 0.138. The molecule has 0 aliphatic rings. The van der Waals surface area contributed by atoms with Crippen molar-refractivity contribution in [1.29, 1.82) is 0 Å². The van der Waals surface area contributed by atoms with Crippen LogP contribution in [0.15, 0.2) is 109 Å². The van der Waals surface area contributed by atoms with Gasteiger partial charge in [0.2, 0.25) is 0 Å². The van der Waals surface area contributed by atoms with Crippen LogP contribution in [0.1, 0.15) is 23.1 Å². The molecule has 154 valence electrons. The average Bonchev–Trinajstić information content (AvgIpc) is 2.83. The summed E-state index contributed by atoms with van der Waals surface area (Å²) >= 11 is 0. The van der Waals surface area contributed by atoms with Gasteiger partial charge in [-0.05, 0) is 46.4 Å². The van der Waals surface area contributed by atoms with Crippen LogP contribution in [0.5, 0.6) is 5.75 Å². The topological polar surface area (TPSA) is 26.3 Å². The molecule has 0 aromatic heterocycles. The van der Waals surface area contributed by atoms with E-state index in [1.54, 1.807) is 0 Å². The number of rotatable bonds is 9. The predicted octanol–water partition coefficient (Wildman–Crippen LogP) is 6.68. The Labute approximate surface area is 184 Å². The van der Waals surface area contributed by atoms with Gasteiger partial charge in [0.1, 0.15) is 18.1 Å². The smallest absolute Gasteiger partial charge is 0.137 e. The summed E-state index contributed by atoms with van der Waals surface area (Å²) in [4.78, 5) is 12.5. The van der Waals surface area contributed by atoms with Gasteiger partial charge in [0, 0.05) is 12.8 Å². The van der Waals surface area contributed by atoms with Crippen molar-refractivity contribution >= 4 is 5.78 Å². The third kappa shape index (κ3) is 6.16. The van der Waals surface area contributed by atoms with Gasteiger partial charge >= 0.3 is 0 Å². The number of aryl methyl sites for hydroxylation is 1. The lowest BCUT2D eigenvalue weighted by molar-refractivity contribution is -0.118. The molecule has 0 aliphatic carbocycles. The number of benzene rings is 4. The molecular formula is C29H26O2. The maximum absolute atomic E-state index is 12.5. The van der Waals surface area contributed by atoms with Crippen LogP contribution in [0, 0.1) is 0 Å². The van der Waals surface area contributed by atoms with Gasteiger partial charge in [-0.1, -0.05) is 97.1 Å². The van der Waals surface area contributed by atoms with E-state index in [4.69, 9.17) is 4.74 Å². The molecule has 4 aromatic rings. The van der Waals surface area contributed by atoms with Crippen molar-refractivity contribution in [2.75, 3.05) is 0 Å². The van der Waals surface area contributed by atoms with Gasteiger partial charge in [-0.25, -0.2) is 0 Å². The molecular weight excluding hydrogens is 380 g/mol. The first-order valence-corrected chi connectivity index (χ1v) is 10.7. The van der Waals surface area contributed by atoms with E-state index in [0.29, 0.717) is 19.4 Å². The first kappa shape index (κ1) is 20.6. The Balaban J connectivity index is 1.28. The highest BCUT2D eigenvalue weighted by atomic mass is 16.5. The minimum Gasteiger partial charge on any atom is -0.489 e. The molecule has 0 N–H and O–H groups in total. The van der Waals surface area contributed by atoms with E-state index in [-0.39, 0.29) is 5.78 Å². The first-order valence-electron chi connectivity index (χ1n) is 10.7. The number of hydrogen-bond donors (Lipinski definition) is 0. The number of hydrogen-bond acceptors (Lipinski definition) is 2. The normalized spacial score (nSPS) is 10.6. The van der Waals surface area contributed by atoms with Crippen LogP contribution in [-0.2, 0) is 24.2 Å². The highest BCUT2D eigenvalue weighted by molar-refractivity contribution is 5.81. The van der Waals surface area contributed by atoms with E-state index in [1.165, 1.54) is 11.1 Å². The minimum atomic E-state index is 0.253. The van der Waals surface area contributed by atoms with Gasteiger partial charge in [-0.15, -0.1) is 0 Å². The summed E-state index contributed by atoms with van der Waals surface area (Å²) in [5.41, 5.74) is 5.68. The highest BCUT2D eigenvalue weighted by Crippen LogP contribution is 2.20. The summed E-state index contributed by atoms with van der Waals surface area (Å²) in [6, 6.07) is 36.7. The van der Waals surface area contributed by atoms with E-state index >= 15 is 0 Å². The van der Waals surface area contributed by atoms with Gasteiger partial charge in [-0.2, -0.15) is 0 Å². The first-order chi connectivity index (χ1) is 15.3. The van der Waals surface area contributed by atoms with E-state index in [1.807, 2.05) is 54.6 Å². The second kappa shape index (κ2) is 10.4. The van der Waals surface area contributed by atoms with Crippen molar-refractivity contribution in [3.8, 4) is 16.9 Å². The van der Waals surface area contributed by atoms with Gasteiger partial charge in [0.05, 0.1) is 0 Å². The van der Waals surface area contributed by atoms with Crippen LogP contribution < -0.4 is 4.74 Å². The zero-order valence-corrected chi connectivity index (χ0v) is 17.5. The Morgan fingerprint density at radius 1 is 0.613 bits per heavy atom. The Hall–Kier alpha value is -3.65. The van der Waals surface area contributed by atoms with Crippen LogP contribution in [0.3, 0.4) is 0 Å². The predicted molar refractivity (Wildman–Crippen MR) is 126 cm³/mol. The molecule has 2 heteroatoms. The van der Waals surface area contributed by atoms with Crippen LogP contribution in [0.25, 0.3) is 11.1 Å². The second-order valence-corrected chi connectivity index (χ2v) is 7.70. The molecule has 0 radical (unpaired) electrons. The van der Waals surface area contributed by atoms with Crippen LogP contribution in [0.2, 0.25) is 0 Å². The van der Waals surface area contributed by atoms with Gasteiger partial charge < -0.3 is 4.74 Å². The Morgan fingerprint density at radius 3 is 2.00 bits per heavy atom. The summed E-state index contributed by atoms with van der Waals surface area (Å²) in [5, 5.41) is 0. The van der Waals surface area contributed by atoms with Crippen molar-refractivity contribution in [3.05, 3.63) is 126 Å². The van der Waals surface area contributed by atoms with Crippen molar-refractivity contribution in [1.82, 2.24) is 0 Å². The fourth-order valence-corrected chi connectivity index (χ4v) is 3.58. The molecule has 0 bridgehead atoms. The summed E-state index contributed by atoms with van der Waals surface area (Å²) in [5.74, 6) is 1.09. The number of carbonyl (C=O) groups excluding carboxylic acids is 1. The molecule has 2 nitrogen and oxygen atoms in total. The lowest BCUT2D eigenvalue weighted by Gasteiger charge is -2.08. The van der Waals surface area contributed by atoms with E-state index in [0.717, 1.165) is 28.9 Å². The zero-order chi connectivity index (χ0) is 21.3. The summed E-state index contributed by atoms with van der Waals surface area (Å²) < 4.78 is 5.90. The largest absolute Gasteiger partial charge is 0.489 e. The van der Waals surface area contributed by atoms with Crippen LogP contribution in [0.4, 0.5) is 0 Å². The molecule has 0 atom stereocenters. The number of ether oxygens (including phenoxy) is 1. The maximum atomic E-state index is 12.5. The standard InChI is InChI=1S/C29H26O2/c30-28(20-24-14-17-27(18-15-24)26-11-5-2-6-12-26)19-16-23-10-7-13-29(21-23)31-22-25-8-3-1-4-9-25/h1-15,17-18,21H,16,19-20,22H2. The third-order valence-electron chi connectivity index (χ3n) is 5.30. The molecule has 0 unspecified atom stereocenters. The van der Waals surface area contributed by atoms with Crippen LogP contribution >= 0.6 is 0 Å². The SMILES string of the molecule is O=C(CCc1cccc(OCc2ccccc2)c1)Cc1ccc(-c2ccccc2)cc1. The highest BCUT2D eigenvalue weighted by Gasteiger charge is 2.06. The van der Waals surface area contributed by atoms with Crippen molar-refractivity contribution in [3.63, 3.8) is 0 Å². The summed E-state index contributed by atoms with van der Waals surface area (Å²) in [6.45, 7) is 0.544. The lowest BCUT2D eigenvalue weighted by atomic mass is 9.99. The van der Waals surface area contributed by atoms with Gasteiger partial charge in [0.25, 0.3) is 0 Å². The zero-order valence-electron chi connectivity index (χ0n) is 17.5. The molecule has 0 heterocycles. The molecule has 4 rings (SSSR count). The van der Waals surface area contributed by atoms with Crippen LogP contribution in [-0.4, -0.2) is 5.78 Å². The molecule has 0 saturated carbocycles. The number of ketones is 1. The molecule has 0 fully saturated rings. The Bertz CT molecular complexity index is 1100. The number of carbonyl (C=O) groups is 1. The molecule has 0 amide bonds.